The SMILES string of the molecule is CCNC(=NCc1ccco1)NC1CCN(c2ccccc2)C1.I. The van der Waals surface area contributed by atoms with Gasteiger partial charge in [0.1, 0.15) is 12.3 Å². The lowest BCUT2D eigenvalue weighted by Crippen LogP contribution is -2.44. The first-order valence-corrected chi connectivity index (χ1v) is 8.22. The van der Waals surface area contributed by atoms with Crippen molar-refractivity contribution in [3.63, 3.8) is 0 Å². The third-order valence-corrected chi connectivity index (χ3v) is 3.97. The van der Waals surface area contributed by atoms with Crippen LogP contribution in [0.15, 0.2) is 58.1 Å². The maximum Gasteiger partial charge on any atom is 0.191 e. The van der Waals surface area contributed by atoms with Gasteiger partial charge in [-0.25, -0.2) is 4.99 Å². The van der Waals surface area contributed by atoms with Crippen molar-refractivity contribution in [2.45, 2.75) is 25.9 Å². The highest BCUT2D eigenvalue weighted by molar-refractivity contribution is 14.0. The summed E-state index contributed by atoms with van der Waals surface area (Å²) in [6.07, 6.45) is 2.79. The zero-order valence-electron chi connectivity index (χ0n) is 13.9. The second-order valence-corrected chi connectivity index (χ2v) is 5.69. The van der Waals surface area contributed by atoms with Crippen molar-refractivity contribution in [3.8, 4) is 0 Å². The fourth-order valence-electron chi connectivity index (χ4n) is 2.82. The Labute approximate surface area is 160 Å². The fourth-order valence-corrected chi connectivity index (χ4v) is 2.82. The van der Waals surface area contributed by atoms with Crippen LogP contribution in [0, 0.1) is 0 Å². The van der Waals surface area contributed by atoms with Crippen molar-refractivity contribution >= 4 is 35.6 Å². The number of nitrogens with zero attached hydrogens (tertiary/aromatic N) is 2. The van der Waals surface area contributed by atoms with Gasteiger partial charge in [-0.2, -0.15) is 0 Å². The first-order chi connectivity index (χ1) is 11.3. The number of halogens is 1. The molecule has 1 aliphatic heterocycles. The Hall–Kier alpha value is -1.70. The molecule has 5 nitrogen and oxygen atoms in total. The van der Waals surface area contributed by atoms with Crippen LogP contribution < -0.4 is 15.5 Å². The lowest BCUT2D eigenvalue weighted by Gasteiger charge is -2.20. The van der Waals surface area contributed by atoms with Crippen LogP contribution in [0.3, 0.4) is 0 Å². The molecule has 6 heteroatoms. The summed E-state index contributed by atoms with van der Waals surface area (Å²) < 4.78 is 5.34. The molecule has 2 N–H and O–H groups in total. The molecule has 2 aromatic rings. The van der Waals surface area contributed by atoms with E-state index in [-0.39, 0.29) is 24.0 Å². The number of rotatable bonds is 5. The number of para-hydroxylation sites is 1. The van der Waals surface area contributed by atoms with E-state index in [0.717, 1.165) is 37.8 Å². The molecule has 1 saturated heterocycles. The van der Waals surface area contributed by atoms with E-state index in [0.29, 0.717) is 12.6 Å². The van der Waals surface area contributed by atoms with Gasteiger partial charge in [-0.05, 0) is 37.6 Å². The standard InChI is InChI=1S/C18H24N4O.HI/c1-2-19-18(20-13-17-9-6-12-23-17)21-15-10-11-22(14-15)16-7-4-3-5-8-16;/h3-9,12,15H,2,10-11,13-14H2,1H3,(H2,19,20,21);1H. The molecule has 1 unspecified atom stereocenters. The molecule has 3 rings (SSSR count). The Morgan fingerprint density at radius 3 is 2.79 bits per heavy atom. The minimum absolute atomic E-state index is 0. The Balaban J connectivity index is 0.00000208. The molecule has 2 heterocycles. The topological polar surface area (TPSA) is 52.8 Å². The number of aliphatic imine (C=N–C) groups is 1. The summed E-state index contributed by atoms with van der Waals surface area (Å²) >= 11 is 0. The van der Waals surface area contributed by atoms with Crippen molar-refractivity contribution in [2.24, 2.45) is 4.99 Å². The predicted molar refractivity (Wildman–Crippen MR) is 109 cm³/mol. The second kappa shape index (κ2) is 9.56. The zero-order chi connectivity index (χ0) is 15.9. The second-order valence-electron chi connectivity index (χ2n) is 5.69. The number of hydrogen-bond acceptors (Lipinski definition) is 3. The van der Waals surface area contributed by atoms with Crippen LogP contribution in [-0.4, -0.2) is 31.6 Å². The summed E-state index contributed by atoms with van der Waals surface area (Å²) in [5.41, 5.74) is 1.29. The van der Waals surface area contributed by atoms with Gasteiger partial charge in [-0.15, -0.1) is 24.0 Å². The first-order valence-electron chi connectivity index (χ1n) is 8.22. The molecule has 1 aliphatic rings. The number of hydrogen-bond donors (Lipinski definition) is 2. The lowest BCUT2D eigenvalue weighted by molar-refractivity contribution is 0.511. The van der Waals surface area contributed by atoms with Crippen molar-refractivity contribution in [2.75, 3.05) is 24.5 Å². The van der Waals surface area contributed by atoms with E-state index in [1.54, 1.807) is 6.26 Å². The van der Waals surface area contributed by atoms with Gasteiger partial charge >= 0.3 is 0 Å². The summed E-state index contributed by atoms with van der Waals surface area (Å²) in [6.45, 7) is 5.54. The molecule has 0 saturated carbocycles. The molecule has 24 heavy (non-hydrogen) atoms. The Morgan fingerprint density at radius 1 is 1.25 bits per heavy atom. The first kappa shape index (κ1) is 18.6. The van der Waals surface area contributed by atoms with Gasteiger partial charge in [-0.1, -0.05) is 18.2 Å². The summed E-state index contributed by atoms with van der Waals surface area (Å²) in [4.78, 5) is 7.01. The molecule has 0 bridgehead atoms. The van der Waals surface area contributed by atoms with Gasteiger partial charge in [0.25, 0.3) is 0 Å². The van der Waals surface area contributed by atoms with Gasteiger partial charge < -0.3 is 20.0 Å². The molecule has 0 amide bonds. The van der Waals surface area contributed by atoms with Crippen LogP contribution >= 0.6 is 24.0 Å². The number of benzene rings is 1. The molecule has 1 aromatic carbocycles. The maximum atomic E-state index is 5.34. The van der Waals surface area contributed by atoms with Crippen LogP contribution in [0.4, 0.5) is 5.69 Å². The van der Waals surface area contributed by atoms with E-state index < -0.39 is 0 Å². The molecular weight excluding hydrogens is 415 g/mol. The number of nitrogens with one attached hydrogen (secondary N) is 2. The molecule has 1 aromatic heterocycles. The molecule has 0 spiro atoms. The molecule has 0 radical (unpaired) electrons. The Kier molecular flexibility index (Phi) is 7.42. The number of guanidine groups is 1. The summed E-state index contributed by atoms with van der Waals surface area (Å²) in [7, 11) is 0. The summed E-state index contributed by atoms with van der Waals surface area (Å²) in [5, 5.41) is 6.84. The van der Waals surface area contributed by atoms with E-state index in [2.05, 4.69) is 57.8 Å². The minimum Gasteiger partial charge on any atom is -0.467 e. The minimum atomic E-state index is 0. The highest BCUT2D eigenvalue weighted by Gasteiger charge is 2.23. The third kappa shape index (κ3) is 5.15. The van der Waals surface area contributed by atoms with Crippen molar-refractivity contribution in [3.05, 3.63) is 54.5 Å². The lowest BCUT2D eigenvalue weighted by atomic mass is 10.3. The van der Waals surface area contributed by atoms with E-state index in [1.807, 2.05) is 12.1 Å². The van der Waals surface area contributed by atoms with Crippen LogP contribution in [0.1, 0.15) is 19.1 Å². The molecule has 1 atom stereocenters. The van der Waals surface area contributed by atoms with Crippen molar-refractivity contribution in [1.82, 2.24) is 10.6 Å². The van der Waals surface area contributed by atoms with Gasteiger partial charge in [0, 0.05) is 31.4 Å². The van der Waals surface area contributed by atoms with Gasteiger partial charge in [0.2, 0.25) is 0 Å². The quantitative estimate of drug-likeness (QED) is 0.426. The monoisotopic (exact) mass is 440 g/mol. The molecular formula is C18H25IN4O. The third-order valence-electron chi connectivity index (χ3n) is 3.97. The van der Waals surface area contributed by atoms with Crippen LogP contribution in [0.5, 0.6) is 0 Å². The Morgan fingerprint density at radius 2 is 2.08 bits per heavy atom. The average molecular weight is 440 g/mol. The van der Waals surface area contributed by atoms with Crippen LogP contribution in [0.25, 0.3) is 0 Å². The molecule has 130 valence electrons. The van der Waals surface area contributed by atoms with E-state index >= 15 is 0 Å². The van der Waals surface area contributed by atoms with Crippen LogP contribution in [-0.2, 0) is 6.54 Å². The summed E-state index contributed by atoms with van der Waals surface area (Å²) in [6, 6.07) is 14.8. The van der Waals surface area contributed by atoms with Gasteiger partial charge in [-0.3, -0.25) is 0 Å². The van der Waals surface area contributed by atoms with Gasteiger partial charge in [0.05, 0.1) is 6.26 Å². The van der Waals surface area contributed by atoms with Crippen molar-refractivity contribution < 1.29 is 4.42 Å². The normalized spacial score (nSPS) is 17.5. The molecule has 1 fully saturated rings. The zero-order valence-corrected chi connectivity index (χ0v) is 16.3. The predicted octanol–water partition coefficient (Wildman–Crippen LogP) is 3.23. The smallest absolute Gasteiger partial charge is 0.191 e. The number of furan rings is 1. The van der Waals surface area contributed by atoms with Crippen LogP contribution in [0.2, 0.25) is 0 Å². The largest absolute Gasteiger partial charge is 0.467 e. The highest BCUT2D eigenvalue weighted by Crippen LogP contribution is 2.19. The maximum absolute atomic E-state index is 5.34. The summed E-state index contributed by atoms with van der Waals surface area (Å²) in [5.74, 6) is 1.73. The molecule has 0 aliphatic carbocycles. The number of anilines is 1. The van der Waals surface area contributed by atoms with Gasteiger partial charge in [0.15, 0.2) is 5.96 Å². The van der Waals surface area contributed by atoms with E-state index in [9.17, 15) is 0 Å². The highest BCUT2D eigenvalue weighted by atomic mass is 127. The Bertz CT molecular complexity index is 615. The van der Waals surface area contributed by atoms with E-state index in [4.69, 9.17) is 4.42 Å². The van der Waals surface area contributed by atoms with Crippen molar-refractivity contribution in [1.29, 1.82) is 0 Å². The fraction of sp³-hybridized carbons (Fsp3) is 0.389. The average Bonchev–Trinajstić information content (AvgIpc) is 3.25. The van der Waals surface area contributed by atoms with E-state index in [1.165, 1.54) is 5.69 Å².